The van der Waals surface area contributed by atoms with E-state index in [0.717, 1.165) is 12.8 Å². The van der Waals surface area contributed by atoms with Gasteiger partial charge >= 0.3 is 0 Å². The van der Waals surface area contributed by atoms with Gasteiger partial charge in [-0.05, 0) is 18.9 Å². The van der Waals surface area contributed by atoms with Crippen molar-refractivity contribution in [3.05, 3.63) is 27.6 Å². The first kappa shape index (κ1) is 14.5. The largest absolute Gasteiger partial charge is 0.383 e. The van der Waals surface area contributed by atoms with Gasteiger partial charge in [-0.15, -0.1) is 0 Å². The van der Waals surface area contributed by atoms with Gasteiger partial charge in [0.25, 0.3) is 5.56 Å². The molecule has 0 aliphatic heterocycles. The van der Waals surface area contributed by atoms with Crippen LogP contribution in [-0.4, -0.2) is 44.0 Å². The Balaban J connectivity index is 2.32. The molecular weight excluding hydrogens is 292 g/mol. The zero-order chi connectivity index (χ0) is 14.0. The smallest absolute Gasteiger partial charge is 0.266 e. The normalized spacial score (nSPS) is 15.9. The molecular formula is C11H15ClN2O4S. The number of H-pyrrole nitrogens is 1. The zero-order valence-corrected chi connectivity index (χ0v) is 12.0. The molecule has 0 saturated heterocycles. The topological polar surface area (TPSA) is 79.5 Å². The van der Waals surface area contributed by atoms with Crippen LogP contribution in [0.2, 0.25) is 5.02 Å². The third kappa shape index (κ3) is 3.17. The van der Waals surface area contributed by atoms with Crippen LogP contribution in [0.1, 0.15) is 12.8 Å². The molecule has 1 aliphatic carbocycles. The summed E-state index contributed by atoms with van der Waals surface area (Å²) in [5, 5.41) is -0.136. The van der Waals surface area contributed by atoms with E-state index in [-0.39, 0.29) is 16.0 Å². The summed E-state index contributed by atoms with van der Waals surface area (Å²) in [4.78, 5) is 13.5. The van der Waals surface area contributed by atoms with Gasteiger partial charge in [0.05, 0.1) is 11.5 Å². The van der Waals surface area contributed by atoms with Crippen LogP contribution in [0, 0.1) is 0 Å². The highest BCUT2D eigenvalue weighted by atomic mass is 35.5. The summed E-state index contributed by atoms with van der Waals surface area (Å²) in [6.45, 7) is 0.618. The maximum absolute atomic E-state index is 12.5. The Morgan fingerprint density at radius 1 is 1.53 bits per heavy atom. The fraction of sp³-hybridized carbons (Fsp3) is 0.545. The molecule has 0 radical (unpaired) electrons. The van der Waals surface area contributed by atoms with Crippen LogP contribution in [0.15, 0.2) is 22.0 Å². The SMILES string of the molecule is COCCN(C1CC1)S(=O)(=O)c1c[nH]c(=O)c(Cl)c1. The Morgan fingerprint density at radius 3 is 2.74 bits per heavy atom. The molecule has 106 valence electrons. The molecule has 1 fully saturated rings. The first-order valence-corrected chi connectivity index (χ1v) is 7.67. The maximum atomic E-state index is 12.5. The molecule has 6 nitrogen and oxygen atoms in total. The molecule has 0 unspecified atom stereocenters. The van der Waals surface area contributed by atoms with Crippen LogP contribution in [0.5, 0.6) is 0 Å². The third-order valence-corrected chi connectivity index (χ3v) is 5.12. The number of sulfonamides is 1. The van der Waals surface area contributed by atoms with Crippen LogP contribution in [-0.2, 0) is 14.8 Å². The fourth-order valence-electron chi connectivity index (χ4n) is 1.76. The average molecular weight is 307 g/mol. The Kier molecular flexibility index (Phi) is 4.29. The Labute approximate surface area is 116 Å². The van der Waals surface area contributed by atoms with E-state index in [1.54, 1.807) is 0 Å². The van der Waals surface area contributed by atoms with Crippen LogP contribution < -0.4 is 5.56 Å². The van der Waals surface area contributed by atoms with Crippen LogP contribution in [0.4, 0.5) is 0 Å². The highest BCUT2D eigenvalue weighted by molar-refractivity contribution is 7.89. The molecule has 0 atom stereocenters. The molecule has 0 spiro atoms. The fourth-order valence-corrected chi connectivity index (χ4v) is 3.67. The summed E-state index contributed by atoms with van der Waals surface area (Å²) in [5.41, 5.74) is -0.504. The van der Waals surface area contributed by atoms with Crippen molar-refractivity contribution in [1.82, 2.24) is 9.29 Å². The summed E-state index contributed by atoms with van der Waals surface area (Å²) in [5.74, 6) is 0. The first-order chi connectivity index (χ1) is 8.96. The summed E-state index contributed by atoms with van der Waals surface area (Å²) in [7, 11) is -2.13. The van der Waals surface area contributed by atoms with Crippen molar-refractivity contribution in [2.45, 2.75) is 23.8 Å². The van der Waals surface area contributed by atoms with E-state index in [2.05, 4.69) is 4.98 Å². The summed E-state index contributed by atoms with van der Waals surface area (Å²) >= 11 is 5.67. The van der Waals surface area contributed by atoms with Gasteiger partial charge in [0.15, 0.2) is 0 Å². The number of hydrogen-bond donors (Lipinski definition) is 1. The van der Waals surface area contributed by atoms with Gasteiger partial charge in [-0.3, -0.25) is 4.79 Å². The van der Waals surface area contributed by atoms with Crippen molar-refractivity contribution in [3.63, 3.8) is 0 Å². The molecule has 2 rings (SSSR count). The molecule has 8 heteroatoms. The lowest BCUT2D eigenvalue weighted by Gasteiger charge is -2.21. The number of nitrogens with one attached hydrogen (secondary N) is 1. The summed E-state index contributed by atoms with van der Waals surface area (Å²) in [6, 6.07) is 1.20. The number of nitrogens with zero attached hydrogens (tertiary/aromatic N) is 1. The molecule has 1 heterocycles. The number of aromatic nitrogens is 1. The van der Waals surface area contributed by atoms with E-state index < -0.39 is 15.6 Å². The van der Waals surface area contributed by atoms with Crippen molar-refractivity contribution in [1.29, 1.82) is 0 Å². The molecule has 0 amide bonds. The van der Waals surface area contributed by atoms with Crippen molar-refractivity contribution in [2.24, 2.45) is 0 Å². The Hall–Kier alpha value is -0.890. The second-order valence-electron chi connectivity index (χ2n) is 4.35. The van der Waals surface area contributed by atoms with Gasteiger partial charge < -0.3 is 9.72 Å². The van der Waals surface area contributed by atoms with E-state index in [1.807, 2.05) is 0 Å². The van der Waals surface area contributed by atoms with Crippen molar-refractivity contribution in [3.8, 4) is 0 Å². The van der Waals surface area contributed by atoms with E-state index in [9.17, 15) is 13.2 Å². The standard InChI is InChI=1S/C11H15ClN2O4S/c1-18-5-4-14(8-2-3-8)19(16,17)9-6-10(12)11(15)13-7-9/h6-8H,2-5H2,1H3,(H,13,15). The number of rotatable bonds is 6. The van der Waals surface area contributed by atoms with Crippen molar-refractivity contribution < 1.29 is 13.2 Å². The van der Waals surface area contributed by atoms with Crippen molar-refractivity contribution in [2.75, 3.05) is 20.3 Å². The summed E-state index contributed by atoms with van der Waals surface area (Å²) < 4.78 is 31.3. The second kappa shape index (κ2) is 5.62. The van der Waals surface area contributed by atoms with Gasteiger partial charge in [-0.1, -0.05) is 11.6 Å². The lowest BCUT2D eigenvalue weighted by atomic mass is 10.5. The quantitative estimate of drug-likeness (QED) is 0.844. The Bertz CT molecular complexity index is 609. The van der Waals surface area contributed by atoms with E-state index in [4.69, 9.17) is 16.3 Å². The maximum Gasteiger partial charge on any atom is 0.266 e. The highest BCUT2D eigenvalue weighted by Gasteiger charge is 2.37. The average Bonchev–Trinajstić information content (AvgIpc) is 3.17. The second-order valence-corrected chi connectivity index (χ2v) is 6.65. The van der Waals surface area contributed by atoms with Crippen LogP contribution >= 0.6 is 11.6 Å². The predicted molar refractivity (Wildman–Crippen MR) is 70.9 cm³/mol. The number of halogens is 1. The minimum atomic E-state index is -3.65. The number of pyridine rings is 1. The minimum absolute atomic E-state index is 0.0000954. The van der Waals surface area contributed by atoms with Gasteiger partial charge in [-0.25, -0.2) is 8.42 Å². The number of hydrogen-bond acceptors (Lipinski definition) is 4. The summed E-state index contributed by atoms with van der Waals surface area (Å²) in [6.07, 6.45) is 2.87. The number of aromatic amines is 1. The molecule has 1 N–H and O–H groups in total. The molecule has 1 aromatic rings. The lowest BCUT2D eigenvalue weighted by Crippen LogP contribution is -2.36. The van der Waals surface area contributed by atoms with Gasteiger partial charge in [0.2, 0.25) is 10.0 Å². The van der Waals surface area contributed by atoms with E-state index in [0.29, 0.717) is 13.2 Å². The van der Waals surface area contributed by atoms with E-state index in [1.165, 1.54) is 23.7 Å². The third-order valence-electron chi connectivity index (χ3n) is 2.91. The lowest BCUT2D eigenvalue weighted by molar-refractivity contribution is 0.177. The molecule has 0 aromatic carbocycles. The monoisotopic (exact) mass is 306 g/mol. The molecule has 1 aliphatic rings. The Morgan fingerprint density at radius 2 is 2.21 bits per heavy atom. The van der Waals surface area contributed by atoms with Crippen LogP contribution in [0.25, 0.3) is 0 Å². The van der Waals surface area contributed by atoms with Crippen molar-refractivity contribution >= 4 is 21.6 Å². The first-order valence-electron chi connectivity index (χ1n) is 5.86. The van der Waals surface area contributed by atoms with Gasteiger partial charge in [0, 0.05) is 25.9 Å². The van der Waals surface area contributed by atoms with Gasteiger partial charge in [0.1, 0.15) is 5.02 Å². The predicted octanol–water partition coefficient (Wildman–Crippen LogP) is 0.828. The number of ether oxygens (including phenoxy) is 1. The molecule has 1 aromatic heterocycles. The minimum Gasteiger partial charge on any atom is -0.383 e. The zero-order valence-electron chi connectivity index (χ0n) is 10.4. The molecule has 0 bridgehead atoms. The van der Waals surface area contributed by atoms with Gasteiger partial charge in [-0.2, -0.15) is 4.31 Å². The molecule has 1 saturated carbocycles. The molecule has 19 heavy (non-hydrogen) atoms. The van der Waals surface area contributed by atoms with Crippen LogP contribution in [0.3, 0.4) is 0 Å². The number of methoxy groups -OCH3 is 1. The van der Waals surface area contributed by atoms with E-state index >= 15 is 0 Å². The highest BCUT2D eigenvalue weighted by Crippen LogP contribution is 2.31.